The molecule has 4 nitrogen and oxygen atoms in total. The van der Waals surface area contributed by atoms with E-state index in [9.17, 15) is 0 Å². The summed E-state index contributed by atoms with van der Waals surface area (Å²) in [7, 11) is 0. The van der Waals surface area contributed by atoms with Crippen molar-refractivity contribution >= 4 is 53.3 Å². The van der Waals surface area contributed by atoms with Crippen molar-refractivity contribution in [1.29, 1.82) is 0 Å². The van der Waals surface area contributed by atoms with Crippen molar-refractivity contribution in [2.75, 3.05) is 0 Å². The lowest BCUT2D eigenvalue weighted by atomic mass is 9.98. The first-order valence-corrected chi connectivity index (χ1v) is 19.6. The first kappa shape index (κ1) is 32.2. The van der Waals surface area contributed by atoms with E-state index in [1.807, 2.05) is 47.7 Å². The average molecular weight is 733 g/mol. The third kappa shape index (κ3) is 5.48. The number of thiophene rings is 1. The van der Waals surface area contributed by atoms with Crippen LogP contribution in [-0.4, -0.2) is 19.5 Å². The van der Waals surface area contributed by atoms with Crippen LogP contribution in [0.5, 0.6) is 0 Å². The van der Waals surface area contributed by atoms with Gasteiger partial charge in [-0.2, -0.15) is 0 Å². The lowest BCUT2D eigenvalue weighted by Gasteiger charge is -2.12. The molecule has 0 fully saturated rings. The third-order valence-electron chi connectivity index (χ3n) is 10.7. The third-order valence-corrected chi connectivity index (χ3v) is 11.8. The van der Waals surface area contributed by atoms with E-state index in [-0.39, 0.29) is 0 Å². The van der Waals surface area contributed by atoms with Crippen LogP contribution in [0.25, 0.3) is 104 Å². The van der Waals surface area contributed by atoms with Crippen LogP contribution in [-0.2, 0) is 0 Å². The van der Waals surface area contributed by atoms with E-state index in [0.717, 1.165) is 39.0 Å². The van der Waals surface area contributed by atoms with Gasteiger partial charge in [0.25, 0.3) is 0 Å². The predicted octanol–water partition coefficient (Wildman–Crippen LogP) is 13.7. The lowest BCUT2D eigenvalue weighted by Crippen LogP contribution is -2.01. The molecule has 262 valence electrons. The van der Waals surface area contributed by atoms with E-state index >= 15 is 0 Å². The average Bonchev–Trinajstić information content (AvgIpc) is 3.83. The molecule has 0 spiro atoms. The number of fused-ring (bicyclic) bond motifs is 6. The van der Waals surface area contributed by atoms with Crippen molar-refractivity contribution in [3.8, 4) is 62.1 Å². The van der Waals surface area contributed by atoms with E-state index in [1.165, 1.54) is 47.6 Å². The largest absolute Gasteiger partial charge is 0.309 e. The molecule has 0 atom stereocenters. The maximum absolute atomic E-state index is 5.12. The summed E-state index contributed by atoms with van der Waals surface area (Å²) >= 11 is 1.85. The first-order chi connectivity index (χ1) is 27.7. The maximum atomic E-state index is 5.12. The summed E-state index contributed by atoms with van der Waals surface area (Å²) < 4.78 is 4.99. The molecule has 0 N–H and O–H groups in total. The van der Waals surface area contributed by atoms with Crippen molar-refractivity contribution in [3.63, 3.8) is 0 Å². The molecule has 0 saturated carbocycles. The summed E-state index contributed by atoms with van der Waals surface area (Å²) in [6.45, 7) is 0. The first-order valence-electron chi connectivity index (χ1n) is 18.8. The van der Waals surface area contributed by atoms with Crippen LogP contribution in [0.2, 0.25) is 0 Å². The molecule has 0 saturated heterocycles. The molecule has 11 rings (SSSR count). The molecule has 3 aromatic heterocycles. The Morgan fingerprint density at radius 1 is 0.339 bits per heavy atom. The van der Waals surface area contributed by atoms with E-state index in [0.29, 0.717) is 17.5 Å². The molecule has 0 aliphatic heterocycles. The molecule has 0 bridgehead atoms. The fourth-order valence-electron chi connectivity index (χ4n) is 8.01. The molecular formula is C51H32N4S. The van der Waals surface area contributed by atoms with Crippen LogP contribution in [0.4, 0.5) is 0 Å². The van der Waals surface area contributed by atoms with Gasteiger partial charge in [-0.1, -0.05) is 158 Å². The highest BCUT2D eigenvalue weighted by molar-refractivity contribution is 7.25. The Bertz CT molecular complexity index is 3240. The van der Waals surface area contributed by atoms with Gasteiger partial charge in [0.05, 0.1) is 11.0 Å². The molecule has 0 unspecified atom stereocenters. The fourth-order valence-corrected chi connectivity index (χ4v) is 9.14. The lowest BCUT2D eigenvalue weighted by molar-refractivity contribution is 1.07. The molecule has 3 heterocycles. The standard InChI is InChI=1S/C51H32N4S/c1-3-13-33(14-4-1)34-25-27-36(28-26-34)50-52-49(35-15-5-2-6-16-35)53-51(54-50)38-17-11-18-39(31-38)55-44-22-9-7-19-41(44)42-30-29-37(32-45(42)55)40-21-12-24-47-48(40)43-20-8-10-23-46(43)56-47/h1-32H. The summed E-state index contributed by atoms with van der Waals surface area (Å²) in [6.07, 6.45) is 0. The molecule has 0 radical (unpaired) electrons. The van der Waals surface area contributed by atoms with Gasteiger partial charge in [-0.3, -0.25) is 0 Å². The Morgan fingerprint density at radius 2 is 0.875 bits per heavy atom. The van der Waals surface area contributed by atoms with E-state index < -0.39 is 0 Å². The topological polar surface area (TPSA) is 43.6 Å². The Balaban J connectivity index is 1.07. The summed E-state index contributed by atoms with van der Waals surface area (Å²) in [4.78, 5) is 15.2. The monoisotopic (exact) mass is 732 g/mol. The van der Waals surface area contributed by atoms with Crippen LogP contribution in [0.15, 0.2) is 194 Å². The summed E-state index contributed by atoms with van der Waals surface area (Å²) in [5, 5.41) is 5.04. The highest BCUT2D eigenvalue weighted by Crippen LogP contribution is 2.42. The summed E-state index contributed by atoms with van der Waals surface area (Å²) in [5.41, 5.74) is 10.9. The van der Waals surface area contributed by atoms with Crippen molar-refractivity contribution in [3.05, 3.63) is 194 Å². The second kappa shape index (κ2) is 13.3. The number of hydrogen-bond donors (Lipinski definition) is 0. The predicted molar refractivity (Wildman–Crippen MR) is 234 cm³/mol. The summed E-state index contributed by atoms with van der Waals surface area (Å²) in [5.74, 6) is 1.90. The van der Waals surface area contributed by atoms with Gasteiger partial charge in [-0.15, -0.1) is 11.3 Å². The van der Waals surface area contributed by atoms with Crippen LogP contribution in [0, 0.1) is 0 Å². The molecule has 8 aromatic carbocycles. The van der Waals surface area contributed by atoms with Crippen LogP contribution >= 0.6 is 11.3 Å². The van der Waals surface area contributed by atoms with Gasteiger partial charge in [-0.25, -0.2) is 15.0 Å². The van der Waals surface area contributed by atoms with E-state index in [1.54, 1.807) is 0 Å². The van der Waals surface area contributed by atoms with Gasteiger partial charge in [0.15, 0.2) is 17.5 Å². The Morgan fingerprint density at radius 3 is 1.66 bits per heavy atom. The Kier molecular flexibility index (Phi) is 7.64. The Labute approximate surface area is 327 Å². The quantitative estimate of drug-likeness (QED) is 0.171. The number of para-hydroxylation sites is 1. The van der Waals surface area contributed by atoms with Crippen molar-refractivity contribution in [1.82, 2.24) is 19.5 Å². The van der Waals surface area contributed by atoms with Gasteiger partial charge < -0.3 is 4.57 Å². The smallest absolute Gasteiger partial charge is 0.164 e. The van der Waals surface area contributed by atoms with Gasteiger partial charge in [0.1, 0.15) is 0 Å². The number of rotatable bonds is 6. The number of nitrogens with zero attached hydrogens (tertiary/aromatic N) is 4. The van der Waals surface area contributed by atoms with Crippen LogP contribution in [0.1, 0.15) is 0 Å². The van der Waals surface area contributed by atoms with Crippen molar-refractivity contribution < 1.29 is 0 Å². The normalized spacial score (nSPS) is 11.6. The highest BCUT2D eigenvalue weighted by atomic mass is 32.1. The van der Waals surface area contributed by atoms with Gasteiger partial charge >= 0.3 is 0 Å². The van der Waals surface area contributed by atoms with Crippen molar-refractivity contribution in [2.45, 2.75) is 0 Å². The minimum Gasteiger partial charge on any atom is -0.309 e. The highest BCUT2D eigenvalue weighted by Gasteiger charge is 2.18. The molecule has 0 aliphatic rings. The van der Waals surface area contributed by atoms with Crippen LogP contribution < -0.4 is 0 Å². The molecule has 56 heavy (non-hydrogen) atoms. The minimum atomic E-state index is 0.625. The zero-order chi connectivity index (χ0) is 37.0. The SMILES string of the molecule is c1ccc(-c2ccc(-c3nc(-c4ccccc4)nc(-c4cccc(-n5c6ccccc6c6ccc(-c7cccc8sc9ccccc9c78)cc65)c4)n3)cc2)cc1. The van der Waals surface area contributed by atoms with Crippen molar-refractivity contribution in [2.24, 2.45) is 0 Å². The maximum Gasteiger partial charge on any atom is 0.164 e. The second-order valence-electron chi connectivity index (χ2n) is 14.0. The summed E-state index contributed by atoms with van der Waals surface area (Å²) in [6, 6.07) is 68.6. The molecular weight excluding hydrogens is 701 g/mol. The number of hydrogen-bond acceptors (Lipinski definition) is 4. The molecule has 5 heteroatoms. The van der Waals surface area contributed by atoms with Gasteiger partial charge in [0.2, 0.25) is 0 Å². The van der Waals surface area contributed by atoms with Crippen LogP contribution in [0.3, 0.4) is 0 Å². The molecule has 0 amide bonds. The van der Waals surface area contributed by atoms with Gasteiger partial charge in [0, 0.05) is 53.3 Å². The molecule has 0 aliphatic carbocycles. The molecule has 11 aromatic rings. The minimum absolute atomic E-state index is 0.625. The zero-order valence-corrected chi connectivity index (χ0v) is 31.0. The number of aromatic nitrogens is 4. The van der Waals surface area contributed by atoms with E-state index in [2.05, 4.69) is 162 Å². The van der Waals surface area contributed by atoms with E-state index in [4.69, 9.17) is 15.0 Å². The van der Waals surface area contributed by atoms with Gasteiger partial charge in [-0.05, 0) is 58.7 Å². The number of benzene rings is 8. The fraction of sp³-hybridized carbons (Fsp3) is 0. The Hall–Kier alpha value is -7.21. The second-order valence-corrected chi connectivity index (χ2v) is 15.1. The zero-order valence-electron chi connectivity index (χ0n) is 30.2.